The van der Waals surface area contributed by atoms with Crippen LogP contribution in [0.4, 0.5) is 0 Å². The maximum absolute atomic E-state index is 11.8. The van der Waals surface area contributed by atoms with Crippen LogP contribution in [0.3, 0.4) is 0 Å². The van der Waals surface area contributed by atoms with E-state index < -0.39 is 0 Å². The van der Waals surface area contributed by atoms with Gasteiger partial charge in [0.25, 0.3) is 0 Å². The van der Waals surface area contributed by atoms with Crippen LogP contribution in [-0.4, -0.2) is 34.8 Å². The minimum atomic E-state index is -0.147. The summed E-state index contributed by atoms with van der Waals surface area (Å²) in [7, 11) is 0. The number of hydrogen-bond acceptors (Lipinski definition) is 3. The van der Waals surface area contributed by atoms with Crippen molar-refractivity contribution in [2.45, 2.75) is 50.7 Å². The number of hydrogen-bond donors (Lipinski definition) is 0. The lowest BCUT2D eigenvalue weighted by molar-refractivity contribution is -0.138. The van der Waals surface area contributed by atoms with Crippen LogP contribution in [0.1, 0.15) is 46.8 Å². The van der Waals surface area contributed by atoms with Crippen molar-refractivity contribution in [3.8, 4) is 0 Å². The lowest BCUT2D eigenvalue weighted by atomic mass is 10.1. The predicted molar refractivity (Wildman–Crippen MR) is 67.4 cm³/mol. The van der Waals surface area contributed by atoms with Crippen molar-refractivity contribution >= 4 is 23.6 Å². The Morgan fingerprint density at radius 1 is 1.38 bits per heavy atom. The molecule has 0 aromatic rings. The second-order valence-electron chi connectivity index (χ2n) is 4.08. The summed E-state index contributed by atoms with van der Waals surface area (Å²) in [4.78, 5) is 24.8. The predicted octanol–water partition coefficient (Wildman–Crippen LogP) is 2.45. The Hall–Kier alpha value is -0.510. The number of rotatable bonds is 7. The Kier molecular flexibility index (Phi) is 5.19. The lowest BCUT2D eigenvalue weighted by Gasteiger charge is -2.14. The Balaban J connectivity index is 2.18. The van der Waals surface area contributed by atoms with Gasteiger partial charge in [0.2, 0.25) is 11.8 Å². The molecule has 3 nitrogen and oxygen atoms in total. The molecule has 92 valence electrons. The minimum Gasteiger partial charge on any atom is -0.282 e. The van der Waals surface area contributed by atoms with Crippen molar-refractivity contribution in [3.05, 3.63) is 0 Å². The summed E-state index contributed by atoms with van der Waals surface area (Å²) < 4.78 is 7.02. The van der Waals surface area contributed by atoms with E-state index in [1.54, 1.807) is 0 Å². The molecule has 2 amide bonds. The highest BCUT2D eigenvalue weighted by molar-refractivity contribution is 8.00. The molecular weight excluding hydrogens is 222 g/mol. The zero-order valence-electron chi connectivity index (χ0n) is 10.9. The average Bonchev–Trinajstić information content (AvgIpc) is 2.60. The van der Waals surface area contributed by atoms with Gasteiger partial charge in [0.05, 0.1) is 5.25 Å². The van der Waals surface area contributed by atoms with Crippen LogP contribution < -0.4 is 0 Å². The first-order valence-electron chi connectivity index (χ1n) is 6.57. The zero-order valence-corrected chi connectivity index (χ0v) is 10.7. The number of thioether (sulfide) groups is 1. The molecule has 1 heterocycles. The maximum atomic E-state index is 11.8. The van der Waals surface area contributed by atoms with E-state index in [1.165, 1.54) is 16.7 Å². The monoisotopic (exact) mass is 244 g/mol. The summed E-state index contributed by atoms with van der Waals surface area (Å²) in [5, 5.41) is -0.147. The van der Waals surface area contributed by atoms with E-state index in [0.717, 1.165) is 32.1 Å². The quantitative estimate of drug-likeness (QED) is 0.510. The van der Waals surface area contributed by atoms with Crippen molar-refractivity contribution in [1.82, 2.24) is 4.90 Å². The molecule has 0 aromatic heterocycles. The first-order valence-corrected chi connectivity index (χ1v) is 7.15. The molecule has 4 heteroatoms. The fourth-order valence-corrected chi connectivity index (χ4v) is 2.51. The van der Waals surface area contributed by atoms with Gasteiger partial charge in [0.1, 0.15) is 0 Å². The van der Waals surface area contributed by atoms with Crippen LogP contribution in [0.5, 0.6) is 0 Å². The molecule has 1 unspecified atom stereocenters. The number of amides is 2. The second-order valence-corrected chi connectivity index (χ2v) is 5.12. The van der Waals surface area contributed by atoms with Crippen LogP contribution in [-0.2, 0) is 9.59 Å². The van der Waals surface area contributed by atoms with E-state index in [-0.39, 0.29) is 17.1 Å². The van der Waals surface area contributed by atoms with E-state index in [9.17, 15) is 9.59 Å². The smallest absolute Gasteiger partial charge is 0.242 e. The van der Waals surface area contributed by atoms with Crippen molar-refractivity contribution in [2.24, 2.45) is 0 Å². The van der Waals surface area contributed by atoms with E-state index in [1.807, 2.05) is 6.26 Å². The summed E-state index contributed by atoms with van der Waals surface area (Å²) >= 11 is 1.47. The largest absolute Gasteiger partial charge is 0.282 e. The Morgan fingerprint density at radius 2 is 2.12 bits per heavy atom. The minimum absolute atomic E-state index is 0.00587. The molecule has 0 aliphatic carbocycles. The molecule has 1 saturated heterocycles. The standard InChI is InChI=1S/C12H21NO2S/c1-3-4-5-6-7-8-13-11(14)9-10(16-2)12(13)15/h10H,3-9H2,1-2H3/i1D. The first kappa shape index (κ1) is 12.0. The van der Waals surface area contributed by atoms with Gasteiger partial charge in [-0.3, -0.25) is 14.5 Å². The fourth-order valence-electron chi connectivity index (χ4n) is 1.87. The number of carbonyl (C=O) groups excluding carboxylic acids is 2. The third-order valence-electron chi connectivity index (χ3n) is 2.87. The number of unbranched alkanes of at least 4 members (excludes halogenated alkanes) is 4. The molecule has 1 aliphatic rings. The summed E-state index contributed by atoms with van der Waals surface area (Å²) in [6.07, 6.45) is 7.33. The summed E-state index contributed by atoms with van der Waals surface area (Å²) in [6, 6.07) is 0. The van der Waals surface area contributed by atoms with Crippen molar-refractivity contribution in [3.63, 3.8) is 0 Å². The van der Waals surface area contributed by atoms with Crippen LogP contribution >= 0.6 is 11.8 Å². The summed E-state index contributed by atoms with van der Waals surface area (Å²) in [6.45, 7) is 1.08. The van der Waals surface area contributed by atoms with Gasteiger partial charge >= 0.3 is 0 Å². The highest BCUT2D eigenvalue weighted by atomic mass is 32.2. The molecule has 16 heavy (non-hydrogen) atoms. The van der Waals surface area contributed by atoms with Crippen molar-refractivity contribution in [1.29, 1.82) is 0 Å². The molecule has 1 fully saturated rings. The molecule has 0 spiro atoms. The first-order chi connectivity index (χ1) is 8.20. The molecule has 0 aromatic carbocycles. The Morgan fingerprint density at radius 3 is 2.75 bits per heavy atom. The van der Waals surface area contributed by atoms with Gasteiger partial charge in [-0.1, -0.05) is 32.6 Å². The number of imide groups is 1. The SMILES string of the molecule is [2H]CCCCCCCN1C(=O)CC(SC)C1=O. The van der Waals surface area contributed by atoms with Gasteiger partial charge in [-0.2, -0.15) is 11.8 Å². The molecule has 0 bridgehead atoms. The van der Waals surface area contributed by atoms with Crippen molar-refractivity contribution < 1.29 is 11.0 Å². The highest BCUT2D eigenvalue weighted by Crippen LogP contribution is 2.23. The lowest BCUT2D eigenvalue weighted by Crippen LogP contribution is -2.32. The Bertz CT molecular complexity index is 273. The van der Waals surface area contributed by atoms with E-state index in [4.69, 9.17) is 1.37 Å². The van der Waals surface area contributed by atoms with Gasteiger partial charge in [-0.25, -0.2) is 0 Å². The molecule has 0 radical (unpaired) electrons. The van der Waals surface area contributed by atoms with Gasteiger partial charge in [0.15, 0.2) is 0 Å². The van der Waals surface area contributed by atoms with Crippen LogP contribution in [0.2, 0.25) is 0 Å². The van der Waals surface area contributed by atoms with Gasteiger partial charge in [-0.15, -0.1) is 0 Å². The summed E-state index contributed by atoms with van der Waals surface area (Å²) in [5.74, 6) is -0.0193. The normalized spacial score (nSPS) is 21.7. The number of nitrogens with zero attached hydrogens (tertiary/aromatic N) is 1. The zero-order chi connectivity index (χ0) is 12.7. The van der Waals surface area contributed by atoms with E-state index in [2.05, 4.69) is 0 Å². The highest BCUT2D eigenvalue weighted by Gasteiger charge is 2.37. The molecule has 1 rings (SSSR count). The van der Waals surface area contributed by atoms with E-state index >= 15 is 0 Å². The van der Waals surface area contributed by atoms with Crippen LogP contribution in [0.25, 0.3) is 0 Å². The second kappa shape index (κ2) is 6.94. The maximum Gasteiger partial charge on any atom is 0.242 e. The molecular formula is C12H21NO2S. The topological polar surface area (TPSA) is 37.4 Å². The third kappa shape index (κ3) is 3.51. The molecule has 1 aliphatic heterocycles. The summed E-state index contributed by atoms with van der Waals surface area (Å²) in [5.41, 5.74) is 0. The third-order valence-corrected chi connectivity index (χ3v) is 3.81. The average molecular weight is 244 g/mol. The number of likely N-dealkylation sites (tertiary alicyclic amines) is 1. The Labute approximate surface area is 103 Å². The molecule has 1 atom stereocenters. The number of carbonyl (C=O) groups is 2. The molecule has 0 saturated carbocycles. The van der Waals surface area contributed by atoms with Gasteiger partial charge < -0.3 is 0 Å². The van der Waals surface area contributed by atoms with Crippen LogP contribution in [0, 0.1) is 0 Å². The molecule has 0 N–H and O–H groups in total. The van der Waals surface area contributed by atoms with Gasteiger partial charge in [-0.05, 0) is 12.7 Å². The van der Waals surface area contributed by atoms with E-state index in [0.29, 0.717) is 19.9 Å². The fraction of sp³-hybridized carbons (Fsp3) is 0.833. The van der Waals surface area contributed by atoms with Crippen LogP contribution in [0.15, 0.2) is 0 Å². The van der Waals surface area contributed by atoms with Gasteiger partial charge in [0, 0.05) is 14.3 Å². The van der Waals surface area contributed by atoms with Crippen molar-refractivity contribution in [2.75, 3.05) is 12.8 Å².